The Bertz CT molecular complexity index is 369. The van der Waals surface area contributed by atoms with Crippen LogP contribution in [0.25, 0.3) is 0 Å². The van der Waals surface area contributed by atoms with E-state index in [1.165, 1.54) is 31.4 Å². The van der Waals surface area contributed by atoms with Crippen LogP contribution in [0.3, 0.4) is 0 Å². The Morgan fingerprint density at radius 1 is 1.22 bits per heavy atom. The molecule has 2 nitrogen and oxygen atoms in total. The van der Waals surface area contributed by atoms with Gasteiger partial charge in [-0.3, -0.25) is 4.90 Å². The Kier molecular flexibility index (Phi) is 5.48. The van der Waals surface area contributed by atoms with Crippen LogP contribution in [0.2, 0.25) is 5.02 Å². The smallest absolute Gasteiger partial charge is 0.0453 e. The molecule has 1 atom stereocenters. The molecule has 0 amide bonds. The van der Waals surface area contributed by atoms with Gasteiger partial charge in [0, 0.05) is 17.7 Å². The Hall–Kier alpha value is -0.570. The first-order chi connectivity index (χ1) is 8.83. The van der Waals surface area contributed by atoms with Crippen molar-refractivity contribution in [3.63, 3.8) is 0 Å². The SMILES string of the molecule is OCCCCCN1CCCC1c1ccccc1Cl. The summed E-state index contributed by atoms with van der Waals surface area (Å²) in [7, 11) is 0. The van der Waals surface area contributed by atoms with Crippen molar-refractivity contribution in [1.82, 2.24) is 4.90 Å². The molecule has 100 valence electrons. The van der Waals surface area contributed by atoms with Crippen LogP contribution in [-0.2, 0) is 0 Å². The second-order valence-corrected chi connectivity index (χ2v) is 5.41. The van der Waals surface area contributed by atoms with E-state index < -0.39 is 0 Å². The van der Waals surface area contributed by atoms with Crippen molar-refractivity contribution in [2.45, 2.75) is 38.1 Å². The molecule has 1 aliphatic rings. The summed E-state index contributed by atoms with van der Waals surface area (Å²) in [6, 6.07) is 8.70. The number of benzene rings is 1. The Morgan fingerprint density at radius 3 is 2.83 bits per heavy atom. The maximum absolute atomic E-state index is 8.79. The largest absolute Gasteiger partial charge is 0.396 e. The predicted molar refractivity (Wildman–Crippen MR) is 75.9 cm³/mol. The number of likely N-dealkylation sites (tertiary alicyclic amines) is 1. The van der Waals surface area contributed by atoms with E-state index in [4.69, 9.17) is 16.7 Å². The molecular formula is C15H22ClNO. The number of nitrogens with zero attached hydrogens (tertiary/aromatic N) is 1. The monoisotopic (exact) mass is 267 g/mol. The molecule has 1 aromatic carbocycles. The molecule has 0 spiro atoms. The van der Waals surface area contributed by atoms with Gasteiger partial charge >= 0.3 is 0 Å². The predicted octanol–water partition coefficient (Wildman–Crippen LogP) is 3.64. The van der Waals surface area contributed by atoms with Gasteiger partial charge in [-0.2, -0.15) is 0 Å². The topological polar surface area (TPSA) is 23.5 Å². The van der Waals surface area contributed by atoms with E-state index >= 15 is 0 Å². The molecule has 1 fully saturated rings. The number of hydrogen-bond acceptors (Lipinski definition) is 2. The molecule has 1 aliphatic heterocycles. The highest BCUT2D eigenvalue weighted by Gasteiger charge is 2.26. The van der Waals surface area contributed by atoms with Gasteiger partial charge in [0.2, 0.25) is 0 Å². The average Bonchev–Trinajstić information content (AvgIpc) is 2.83. The molecule has 2 rings (SSSR count). The molecule has 1 aromatic rings. The summed E-state index contributed by atoms with van der Waals surface area (Å²) in [5, 5.41) is 9.69. The molecule has 1 heterocycles. The lowest BCUT2D eigenvalue weighted by Gasteiger charge is -2.25. The lowest BCUT2D eigenvalue weighted by molar-refractivity contribution is 0.241. The van der Waals surface area contributed by atoms with Crippen molar-refractivity contribution in [2.75, 3.05) is 19.7 Å². The highest BCUT2D eigenvalue weighted by molar-refractivity contribution is 6.31. The van der Waals surface area contributed by atoms with Crippen LogP contribution in [-0.4, -0.2) is 29.7 Å². The van der Waals surface area contributed by atoms with Gasteiger partial charge in [0.15, 0.2) is 0 Å². The quantitative estimate of drug-likeness (QED) is 0.796. The minimum Gasteiger partial charge on any atom is -0.396 e. The molecule has 1 unspecified atom stereocenters. The first kappa shape index (κ1) is 13.9. The molecule has 1 N–H and O–H groups in total. The summed E-state index contributed by atoms with van der Waals surface area (Å²) in [5.41, 5.74) is 1.28. The maximum Gasteiger partial charge on any atom is 0.0453 e. The van der Waals surface area contributed by atoms with Gasteiger partial charge in [0.05, 0.1) is 0 Å². The van der Waals surface area contributed by atoms with Crippen LogP contribution in [0.15, 0.2) is 24.3 Å². The number of unbranched alkanes of at least 4 members (excludes halogenated alkanes) is 2. The molecule has 0 saturated carbocycles. The number of aliphatic hydroxyl groups excluding tert-OH is 1. The third-order valence-corrected chi connectivity index (χ3v) is 4.08. The van der Waals surface area contributed by atoms with Crippen LogP contribution >= 0.6 is 11.6 Å². The average molecular weight is 268 g/mol. The molecule has 0 aliphatic carbocycles. The third-order valence-electron chi connectivity index (χ3n) is 3.73. The van der Waals surface area contributed by atoms with Crippen molar-refractivity contribution in [3.05, 3.63) is 34.9 Å². The van der Waals surface area contributed by atoms with Crippen LogP contribution in [0.5, 0.6) is 0 Å². The van der Waals surface area contributed by atoms with Gasteiger partial charge in [-0.25, -0.2) is 0 Å². The van der Waals surface area contributed by atoms with Crippen molar-refractivity contribution >= 4 is 11.6 Å². The second-order valence-electron chi connectivity index (χ2n) is 5.00. The lowest BCUT2D eigenvalue weighted by atomic mass is 10.0. The fourth-order valence-electron chi connectivity index (χ4n) is 2.79. The van der Waals surface area contributed by atoms with Crippen LogP contribution < -0.4 is 0 Å². The number of rotatable bonds is 6. The number of halogens is 1. The van der Waals surface area contributed by atoms with E-state index in [1.54, 1.807) is 0 Å². The highest BCUT2D eigenvalue weighted by Crippen LogP contribution is 2.35. The molecule has 0 radical (unpaired) electrons. The van der Waals surface area contributed by atoms with Crippen molar-refractivity contribution in [2.24, 2.45) is 0 Å². The molecular weight excluding hydrogens is 246 g/mol. The minimum absolute atomic E-state index is 0.313. The standard InChI is InChI=1S/C15H22ClNO/c16-14-8-3-2-7-13(14)15-9-6-11-17(15)10-4-1-5-12-18/h2-3,7-8,15,18H,1,4-6,9-12H2. The van der Waals surface area contributed by atoms with Gasteiger partial charge in [-0.05, 0) is 56.8 Å². The van der Waals surface area contributed by atoms with Crippen molar-refractivity contribution in [3.8, 4) is 0 Å². The summed E-state index contributed by atoms with van der Waals surface area (Å²) in [4.78, 5) is 2.54. The zero-order valence-corrected chi connectivity index (χ0v) is 11.6. The minimum atomic E-state index is 0.313. The van der Waals surface area contributed by atoms with Crippen molar-refractivity contribution in [1.29, 1.82) is 0 Å². The van der Waals surface area contributed by atoms with Crippen LogP contribution in [0.4, 0.5) is 0 Å². The Labute approximate surface area is 115 Å². The van der Waals surface area contributed by atoms with Crippen LogP contribution in [0, 0.1) is 0 Å². The van der Waals surface area contributed by atoms with E-state index in [-0.39, 0.29) is 0 Å². The van der Waals surface area contributed by atoms with Gasteiger partial charge in [0.1, 0.15) is 0 Å². The van der Waals surface area contributed by atoms with E-state index in [2.05, 4.69) is 17.0 Å². The first-order valence-electron chi connectivity index (χ1n) is 6.92. The molecule has 0 bridgehead atoms. The van der Waals surface area contributed by atoms with Gasteiger partial charge < -0.3 is 5.11 Å². The number of hydrogen-bond donors (Lipinski definition) is 1. The summed E-state index contributed by atoms with van der Waals surface area (Å²) in [6.07, 6.45) is 5.67. The fraction of sp³-hybridized carbons (Fsp3) is 0.600. The van der Waals surface area contributed by atoms with E-state index in [9.17, 15) is 0 Å². The molecule has 1 saturated heterocycles. The first-order valence-corrected chi connectivity index (χ1v) is 7.30. The van der Waals surface area contributed by atoms with Gasteiger partial charge in [-0.1, -0.05) is 29.8 Å². The molecule has 3 heteroatoms. The zero-order chi connectivity index (χ0) is 12.8. The van der Waals surface area contributed by atoms with Gasteiger partial charge in [0.25, 0.3) is 0 Å². The van der Waals surface area contributed by atoms with E-state index in [0.29, 0.717) is 12.6 Å². The van der Waals surface area contributed by atoms with Crippen molar-refractivity contribution < 1.29 is 5.11 Å². The lowest BCUT2D eigenvalue weighted by Crippen LogP contribution is -2.24. The summed E-state index contributed by atoms with van der Waals surface area (Å²) in [5.74, 6) is 0. The maximum atomic E-state index is 8.79. The molecule has 18 heavy (non-hydrogen) atoms. The van der Waals surface area contributed by atoms with E-state index in [1.807, 2.05) is 12.1 Å². The van der Waals surface area contributed by atoms with Crippen LogP contribution in [0.1, 0.15) is 43.7 Å². The highest BCUT2D eigenvalue weighted by atomic mass is 35.5. The number of aliphatic hydroxyl groups is 1. The Morgan fingerprint density at radius 2 is 2.06 bits per heavy atom. The Balaban J connectivity index is 1.93. The molecule has 0 aromatic heterocycles. The summed E-state index contributed by atoms with van der Waals surface area (Å²) >= 11 is 6.29. The fourth-order valence-corrected chi connectivity index (χ4v) is 3.06. The summed E-state index contributed by atoms with van der Waals surface area (Å²) in [6.45, 7) is 2.61. The summed E-state index contributed by atoms with van der Waals surface area (Å²) < 4.78 is 0. The zero-order valence-electron chi connectivity index (χ0n) is 10.8. The third kappa shape index (κ3) is 3.47. The van der Waals surface area contributed by atoms with Gasteiger partial charge in [-0.15, -0.1) is 0 Å². The normalized spacial score (nSPS) is 20.4. The van der Waals surface area contributed by atoms with E-state index in [0.717, 1.165) is 24.4 Å². The second kappa shape index (κ2) is 7.13.